The van der Waals surface area contributed by atoms with E-state index in [1.54, 1.807) is 41.3 Å². The quantitative estimate of drug-likeness (QED) is 0.865. The molecular weight excluding hydrogens is 352 g/mol. The lowest BCUT2D eigenvalue weighted by atomic mass is 10.00. The number of carbonyl (C=O) groups is 2. The van der Waals surface area contributed by atoms with E-state index in [9.17, 15) is 14.7 Å². The van der Waals surface area contributed by atoms with Crippen molar-refractivity contribution in [1.29, 1.82) is 0 Å². The van der Waals surface area contributed by atoms with Crippen LogP contribution >= 0.6 is 11.6 Å². The largest absolute Gasteiger partial charge is 0.389 e. The highest BCUT2D eigenvalue weighted by atomic mass is 35.5. The van der Waals surface area contributed by atoms with Gasteiger partial charge in [-0.3, -0.25) is 9.59 Å². The molecule has 0 aromatic heterocycles. The van der Waals surface area contributed by atoms with Crippen LogP contribution in [0.5, 0.6) is 0 Å². The Hall–Kier alpha value is -2.37. The van der Waals surface area contributed by atoms with Gasteiger partial charge in [-0.15, -0.1) is 0 Å². The molecule has 0 radical (unpaired) electrons. The number of likely N-dealkylation sites (tertiary alicyclic amines) is 1. The van der Waals surface area contributed by atoms with Crippen LogP contribution in [0.25, 0.3) is 0 Å². The molecule has 5 nitrogen and oxygen atoms in total. The summed E-state index contributed by atoms with van der Waals surface area (Å²) in [4.78, 5) is 26.3. The van der Waals surface area contributed by atoms with E-state index in [0.29, 0.717) is 23.6 Å². The van der Waals surface area contributed by atoms with E-state index in [-0.39, 0.29) is 30.8 Å². The van der Waals surface area contributed by atoms with E-state index in [2.05, 4.69) is 5.32 Å². The first kappa shape index (κ1) is 18.4. The van der Waals surface area contributed by atoms with Gasteiger partial charge in [0.2, 0.25) is 5.91 Å². The van der Waals surface area contributed by atoms with Crippen molar-refractivity contribution in [2.45, 2.75) is 25.0 Å². The van der Waals surface area contributed by atoms with Crippen molar-refractivity contribution in [3.63, 3.8) is 0 Å². The van der Waals surface area contributed by atoms with Gasteiger partial charge in [0, 0.05) is 23.7 Å². The number of aliphatic hydroxyl groups excluding tert-OH is 1. The first-order valence-electron chi connectivity index (χ1n) is 8.59. The Kier molecular flexibility index (Phi) is 5.91. The van der Waals surface area contributed by atoms with Crippen LogP contribution in [-0.2, 0) is 11.2 Å². The average molecular weight is 373 g/mol. The first-order valence-corrected chi connectivity index (χ1v) is 8.97. The van der Waals surface area contributed by atoms with Crippen LogP contribution in [0.3, 0.4) is 0 Å². The summed E-state index contributed by atoms with van der Waals surface area (Å²) < 4.78 is 0. The van der Waals surface area contributed by atoms with E-state index in [4.69, 9.17) is 11.6 Å². The molecule has 2 aromatic rings. The van der Waals surface area contributed by atoms with E-state index < -0.39 is 6.10 Å². The van der Waals surface area contributed by atoms with Crippen LogP contribution in [0.1, 0.15) is 22.3 Å². The van der Waals surface area contributed by atoms with Gasteiger partial charge in [0.05, 0.1) is 18.6 Å². The lowest BCUT2D eigenvalue weighted by Gasteiger charge is -2.36. The van der Waals surface area contributed by atoms with E-state index in [0.717, 1.165) is 5.56 Å². The third kappa shape index (κ3) is 4.62. The summed E-state index contributed by atoms with van der Waals surface area (Å²) in [6.45, 7) is 0.705. The number of aliphatic hydroxyl groups is 1. The number of halogens is 1. The molecule has 1 aliphatic heterocycles. The molecule has 1 aliphatic rings. The number of rotatable bonds is 4. The predicted molar refractivity (Wildman–Crippen MR) is 100 cm³/mol. The molecule has 6 heteroatoms. The smallest absolute Gasteiger partial charge is 0.253 e. The van der Waals surface area contributed by atoms with Crippen molar-refractivity contribution in [2.24, 2.45) is 0 Å². The fraction of sp³-hybridized carbons (Fsp3) is 0.300. The second-order valence-corrected chi connectivity index (χ2v) is 6.89. The SMILES string of the molecule is O=C(Cc1ccc(Cl)cc1)N[C@@H]1CCN(C(=O)c2ccccc2)C[C@H]1O. The van der Waals surface area contributed by atoms with Crippen LogP contribution in [0, 0.1) is 0 Å². The predicted octanol–water partition coefficient (Wildman–Crippen LogP) is 2.27. The summed E-state index contributed by atoms with van der Waals surface area (Å²) in [5.74, 6) is -0.255. The van der Waals surface area contributed by atoms with Gasteiger partial charge in [-0.05, 0) is 36.2 Å². The van der Waals surface area contributed by atoms with Gasteiger partial charge in [-0.2, -0.15) is 0 Å². The fourth-order valence-electron chi connectivity index (χ4n) is 3.09. The molecule has 1 saturated heterocycles. The third-order valence-electron chi connectivity index (χ3n) is 4.51. The van der Waals surface area contributed by atoms with Gasteiger partial charge >= 0.3 is 0 Å². The Morgan fingerprint density at radius 2 is 1.81 bits per heavy atom. The number of β-amino-alcohol motifs (C(OH)–C–C–N with tert-alkyl or cyclic N) is 1. The molecule has 1 fully saturated rings. The summed E-state index contributed by atoms with van der Waals surface area (Å²) in [6, 6.07) is 15.7. The van der Waals surface area contributed by atoms with Gasteiger partial charge in [0.25, 0.3) is 5.91 Å². The Morgan fingerprint density at radius 3 is 2.46 bits per heavy atom. The maximum absolute atomic E-state index is 12.5. The van der Waals surface area contributed by atoms with E-state index >= 15 is 0 Å². The van der Waals surface area contributed by atoms with Gasteiger partial charge in [0.15, 0.2) is 0 Å². The molecule has 0 aliphatic carbocycles. The summed E-state index contributed by atoms with van der Waals surface area (Å²) in [5.41, 5.74) is 1.46. The molecule has 0 bridgehead atoms. The molecule has 3 rings (SSSR count). The Bertz CT molecular complexity index is 764. The van der Waals surface area contributed by atoms with Crippen molar-refractivity contribution in [3.8, 4) is 0 Å². The van der Waals surface area contributed by atoms with Gasteiger partial charge in [-0.25, -0.2) is 0 Å². The molecule has 2 amide bonds. The molecule has 2 atom stereocenters. The Balaban J connectivity index is 1.53. The van der Waals surface area contributed by atoms with Crippen molar-refractivity contribution in [2.75, 3.05) is 13.1 Å². The van der Waals surface area contributed by atoms with Crippen LogP contribution in [0.2, 0.25) is 5.02 Å². The topological polar surface area (TPSA) is 69.6 Å². The monoisotopic (exact) mass is 372 g/mol. The number of carbonyl (C=O) groups excluding carboxylic acids is 2. The minimum Gasteiger partial charge on any atom is -0.389 e. The van der Waals surface area contributed by atoms with Gasteiger partial charge in [0.1, 0.15) is 0 Å². The number of nitrogens with one attached hydrogen (secondary N) is 1. The maximum Gasteiger partial charge on any atom is 0.253 e. The average Bonchev–Trinajstić information content (AvgIpc) is 2.65. The molecule has 2 aromatic carbocycles. The Morgan fingerprint density at radius 1 is 1.12 bits per heavy atom. The molecule has 136 valence electrons. The Labute approximate surface area is 157 Å². The number of amides is 2. The van der Waals surface area contributed by atoms with Crippen molar-refractivity contribution in [1.82, 2.24) is 10.2 Å². The minimum absolute atomic E-state index is 0.101. The molecule has 26 heavy (non-hydrogen) atoms. The van der Waals surface area contributed by atoms with Crippen molar-refractivity contribution >= 4 is 23.4 Å². The van der Waals surface area contributed by atoms with Crippen molar-refractivity contribution < 1.29 is 14.7 Å². The zero-order valence-electron chi connectivity index (χ0n) is 14.3. The molecular formula is C20H21ClN2O3. The number of nitrogens with zero attached hydrogens (tertiary/aromatic N) is 1. The molecule has 2 N–H and O–H groups in total. The number of piperidine rings is 1. The van der Waals surface area contributed by atoms with E-state index in [1.165, 1.54) is 0 Å². The molecule has 1 heterocycles. The minimum atomic E-state index is -0.786. The molecule has 0 saturated carbocycles. The standard InChI is InChI=1S/C20H21ClN2O3/c21-16-8-6-14(7-9-16)12-19(25)22-17-10-11-23(13-18(17)24)20(26)15-4-2-1-3-5-15/h1-9,17-18,24H,10-13H2,(H,22,25)/t17-,18-/m1/s1. The fourth-order valence-corrected chi connectivity index (χ4v) is 3.22. The second-order valence-electron chi connectivity index (χ2n) is 6.45. The summed E-state index contributed by atoms with van der Waals surface area (Å²) in [6.07, 6.45) is -0.0373. The highest BCUT2D eigenvalue weighted by Crippen LogP contribution is 2.15. The van der Waals surface area contributed by atoms with Crippen LogP contribution < -0.4 is 5.32 Å². The number of benzene rings is 2. The van der Waals surface area contributed by atoms with Gasteiger partial charge < -0.3 is 15.3 Å². The van der Waals surface area contributed by atoms with Crippen molar-refractivity contribution in [3.05, 3.63) is 70.7 Å². The normalized spacial score (nSPS) is 19.8. The first-order chi connectivity index (χ1) is 12.5. The van der Waals surface area contributed by atoms with Gasteiger partial charge in [-0.1, -0.05) is 41.9 Å². The highest BCUT2D eigenvalue weighted by Gasteiger charge is 2.31. The highest BCUT2D eigenvalue weighted by molar-refractivity contribution is 6.30. The summed E-state index contributed by atoms with van der Waals surface area (Å²) in [7, 11) is 0. The van der Waals surface area contributed by atoms with E-state index in [1.807, 2.05) is 18.2 Å². The lowest BCUT2D eigenvalue weighted by molar-refractivity contribution is -0.122. The van der Waals surface area contributed by atoms with Crippen LogP contribution in [-0.4, -0.2) is 47.1 Å². The number of hydrogen-bond donors (Lipinski definition) is 2. The second kappa shape index (κ2) is 8.34. The zero-order chi connectivity index (χ0) is 18.5. The third-order valence-corrected chi connectivity index (χ3v) is 4.77. The maximum atomic E-state index is 12.5. The summed E-state index contributed by atoms with van der Waals surface area (Å²) >= 11 is 5.84. The molecule has 0 unspecified atom stereocenters. The zero-order valence-corrected chi connectivity index (χ0v) is 15.0. The lowest BCUT2D eigenvalue weighted by Crippen LogP contribution is -2.55. The number of hydrogen-bond acceptors (Lipinski definition) is 3. The molecule has 0 spiro atoms. The summed E-state index contributed by atoms with van der Waals surface area (Å²) in [5, 5.41) is 13.9. The van der Waals surface area contributed by atoms with Crippen LogP contribution in [0.15, 0.2) is 54.6 Å². The van der Waals surface area contributed by atoms with Crippen LogP contribution in [0.4, 0.5) is 0 Å².